The van der Waals surface area contributed by atoms with E-state index in [1.54, 1.807) is 7.11 Å². The zero-order valence-corrected chi connectivity index (χ0v) is 14.0. The van der Waals surface area contributed by atoms with Crippen LogP contribution in [0.5, 0.6) is 5.75 Å². The lowest BCUT2D eigenvalue weighted by Gasteiger charge is -2.50. The number of benzene rings is 1. The number of hydrogen-bond acceptors (Lipinski definition) is 2. The third kappa shape index (κ3) is 2.09. The third-order valence-electron chi connectivity index (χ3n) is 5.42. The average Bonchev–Trinajstić information content (AvgIpc) is 3.11. The Bertz CT molecular complexity index is 794. The molecule has 2 aromatic rings. The molecule has 1 saturated carbocycles. The van der Waals surface area contributed by atoms with E-state index in [1.807, 2.05) is 52.4 Å². The van der Waals surface area contributed by atoms with Crippen LogP contribution >= 0.6 is 0 Å². The first kappa shape index (κ1) is 15.1. The molecule has 1 aromatic heterocycles. The predicted octanol–water partition coefficient (Wildman–Crippen LogP) is 3.70. The maximum atomic E-state index is 13.4. The van der Waals surface area contributed by atoms with E-state index in [4.69, 9.17) is 4.74 Å². The number of amides is 1. The molecule has 4 rings (SSSR count). The van der Waals surface area contributed by atoms with Gasteiger partial charge in [-0.05, 0) is 60.7 Å². The van der Waals surface area contributed by atoms with Crippen molar-refractivity contribution in [3.8, 4) is 5.75 Å². The summed E-state index contributed by atoms with van der Waals surface area (Å²) in [4.78, 5) is 13.4. The quantitative estimate of drug-likeness (QED) is 0.790. The Kier molecular flexibility index (Phi) is 3.48. The summed E-state index contributed by atoms with van der Waals surface area (Å²) in [5.41, 5.74) is 2.64. The van der Waals surface area contributed by atoms with Gasteiger partial charge in [-0.1, -0.05) is 13.0 Å². The Morgan fingerprint density at radius 3 is 2.71 bits per heavy atom. The lowest BCUT2D eigenvalue weighted by atomic mass is 9.71. The molecule has 1 atom stereocenters. The lowest BCUT2D eigenvalue weighted by Crippen LogP contribution is -2.63. The second-order valence-corrected chi connectivity index (χ2v) is 6.72. The van der Waals surface area contributed by atoms with Gasteiger partial charge in [0.25, 0.3) is 5.91 Å². The van der Waals surface area contributed by atoms with Gasteiger partial charge in [0, 0.05) is 24.4 Å². The molecule has 1 fully saturated rings. The summed E-state index contributed by atoms with van der Waals surface area (Å²) >= 11 is 0. The molecule has 1 unspecified atom stereocenters. The molecule has 124 valence electrons. The maximum absolute atomic E-state index is 13.4. The van der Waals surface area contributed by atoms with Crippen molar-refractivity contribution < 1.29 is 9.53 Å². The summed E-state index contributed by atoms with van der Waals surface area (Å²) in [6.45, 7) is 4.36. The number of fused-ring (bicyclic) bond motifs is 1. The molecule has 1 spiro atoms. The Labute approximate surface area is 142 Å². The van der Waals surface area contributed by atoms with Crippen LogP contribution in [0, 0.1) is 0 Å². The van der Waals surface area contributed by atoms with Gasteiger partial charge in [-0.2, -0.15) is 0 Å². The number of rotatable bonds is 2. The second kappa shape index (κ2) is 5.55. The van der Waals surface area contributed by atoms with Crippen LogP contribution in [-0.2, 0) is 6.42 Å². The van der Waals surface area contributed by atoms with Crippen LogP contribution in [0.3, 0.4) is 0 Å². The monoisotopic (exact) mass is 322 g/mol. The highest BCUT2D eigenvalue weighted by atomic mass is 16.5. The van der Waals surface area contributed by atoms with Crippen molar-refractivity contribution >= 4 is 5.91 Å². The molecule has 0 N–H and O–H groups in total. The summed E-state index contributed by atoms with van der Waals surface area (Å²) in [5, 5.41) is 1.92. The van der Waals surface area contributed by atoms with Crippen molar-refractivity contribution in [2.24, 2.45) is 0 Å². The number of nitrogens with zero attached hydrogens (tertiary/aromatic N) is 2. The van der Waals surface area contributed by atoms with Crippen LogP contribution in [0.2, 0.25) is 0 Å². The molecule has 4 nitrogen and oxygen atoms in total. The zero-order valence-electron chi connectivity index (χ0n) is 14.0. The summed E-state index contributed by atoms with van der Waals surface area (Å²) in [7, 11) is 1.66. The van der Waals surface area contributed by atoms with Crippen LogP contribution < -0.4 is 9.75 Å². The Morgan fingerprint density at radius 2 is 2.00 bits per heavy atom. The zero-order chi connectivity index (χ0) is 16.7. The van der Waals surface area contributed by atoms with Crippen molar-refractivity contribution in [1.29, 1.82) is 0 Å². The third-order valence-corrected chi connectivity index (χ3v) is 5.42. The maximum Gasteiger partial charge on any atom is 0.273 e. The highest BCUT2D eigenvalue weighted by Gasteiger charge is 2.48. The summed E-state index contributed by atoms with van der Waals surface area (Å²) in [6, 6.07) is 9.65. The minimum Gasteiger partial charge on any atom is -0.497 e. The van der Waals surface area contributed by atoms with E-state index >= 15 is 0 Å². The minimum atomic E-state index is -0.340. The lowest BCUT2D eigenvalue weighted by molar-refractivity contribution is 0.0891. The molecule has 4 heteroatoms. The molecular weight excluding hydrogens is 300 g/mol. The van der Waals surface area contributed by atoms with Crippen LogP contribution in [0.25, 0.3) is 0 Å². The number of carbonyl (C=O) groups is 1. The fourth-order valence-electron chi connectivity index (χ4n) is 4.17. The molecule has 1 aliphatic carbocycles. The number of aromatic nitrogens is 1. The molecule has 2 aliphatic rings. The predicted molar refractivity (Wildman–Crippen MR) is 94.0 cm³/mol. The van der Waals surface area contributed by atoms with Gasteiger partial charge < -0.3 is 4.74 Å². The van der Waals surface area contributed by atoms with Crippen molar-refractivity contribution in [1.82, 2.24) is 4.68 Å². The SMILES string of the molecule is C=C1CCCCC12Cc1cc(OC)ccc1C(=O)N2n1cccc1. The molecule has 24 heavy (non-hydrogen) atoms. The van der Waals surface area contributed by atoms with Gasteiger partial charge in [0.05, 0.1) is 12.6 Å². The van der Waals surface area contributed by atoms with Gasteiger partial charge in [0.2, 0.25) is 0 Å². The summed E-state index contributed by atoms with van der Waals surface area (Å²) in [6.07, 6.45) is 8.87. The highest BCUT2D eigenvalue weighted by Crippen LogP contribution is 2.43. The van der Waals surface area contributed by atoms with E-state index in [1.165, 1.54) is 0 Å². The smallest absolute Gasteiger partial charge is 0.273 e. The molecular formula is C20H22N2O2. The minimum absolute atomic E-state index is 0.0400. The average molecular weight is 322 g/mol. The Morgan fingerprint density at radius 1 is 1.21 bits per heavy atom. The van der Waals surface area contributed by atoms with Gasteiger partial charge in [-0.25, -0.2) is 5.01 Å². The van der Waals surface area contributed by atoms with E-state index in [-0.39, 0.29) is 11.4 Å². The molecule has 1 amide bonds. The van der Waals surface area contributed by atoms with E-state index in [0.29, 0.717) is 0 Å². The molecule has 2 heterocycles. The Balaban J connectivity index is 1.90. The van der Waals surface area contributed by atoms with Crippen LogP contribution in [0.4, 0.5) is 0 Å². The van der Waals surface area contributed by atoms with Crippen molar-refractivity contribution in [3.05, 3.63) is 66.0 Å². The van der Waals surface area contributed by atoms with Crippen molar-refractivity contribution in [2.75, 3.05) is 12.1 Å². The first-order valence-corrected chi connectivity index (χ1v) is 8.49. The Hall–Kier alpha value is -2.49. The second-order valence-electron chi connectivity index (χ2n) is 6.72. The van der Waals surface area contributed by atoms with E-state index < -0.39 is 0 Å². The molecule has 1 aromatic carbocycles. The molecule has 0 saturated heterocycles. The molecule has 0 bridgehead atoms. The van der Waals surface area contributed by atoms with Gasteiger partial charge in [0.1, 0.15) is 5.75 Å². The fraction of sp³-hybridized carbons (Fsp3) is 0.350. The summed E-state index contributed by atoms with van der Waals surface area (Å²) in [5.74, 6) is 0.839. The van der Waals surface area contributed by atoms with Crippen molar-refractivity contribution in [3.63, 3.8) is 0 Å². The normalized spacial score (nSPS) is 23.5. The fourth-order valence-corrected chi connectivity index (χ4v) is 4.17. The summed E-state index contributed by atoms with van der Waals surface area (Å²) < 4.78 is 7.29. The van der Waals surface area contributed by atoms with E-state index in [0.717, 1.165) is 54.6 Å². The topological polar surface area (TPSA) is 34.5 Å². The largest absolute Gasteiger partial charge is 0.497 e. The molecule has 1 aliphatic heterocycles. The number of ether oxygens (including phenoxy) is 1. The number of hydrogen-bond donors (Lipinski definition) is 0. The number of carbonyl (C=O) groups excluding carboxylic acids is 1. The van der Waals surface area contributed by atoms with E-state index in [9.17, 15) is 4.79 Å². The van der Waals surface area contributed by atoms with Crippen molar-refractivity contribution in [2.45, 2.75) is 37.6 Å². The number of methoxy groups -OCH3 is 1. The first-order chi connectivity index (χ1) is 11.7. The van der Waals surface area contributed by atoms with Crippen LogP contribution in [-0.4, -0.2) is 23.2 Å². The highest BCUT2D eigenvalue weighted by molar-refractivity contribution is 6.05. The van der Waals surface area contributed by atoms with E-state index in [2.05, 4.69) is 6.58 Å². The van der Waals surface area contributed by atoms with Gasteiger partial charge in [-0.3, -0.25) is 9.47 Å². The van der Waals surface area contributed by atoms with Crippen LogP contribution in [0.15, 0.2) is 54.9 Å². The molecule has 0 radical (unpaired) electrons. The van der Waals surface area contributed by atoms with Gasteiger partial charge in [0.15, 0.2) is 0 Å². The van der Waals surface area contributed by atoms with Gasteiger partial charge >= 0.3 is 0 Å². The first-order valence-electron chi connectivity index (χ1n) is 8.49. The van der Waals surface area contributed by atoms with Gasteiger partial charge in [-0.15, -0.1) is 0 Å². The van der Waals surface area contributed by atoms with Crippen LogP contribution in [0.1, 0.15) is 41.6 Å². The standard InChI is InChI=1S/C20H22N2O2/c1-15-7-3-4-10-20(15)14-16-13-17(24-2)8-9-18(16)19(23)22(20)21-11-5-6-12-21/h5-6,8-9,11-13H,1,3-4,7,10,14H2,2H3.